The van der Waals surface area contributed by atoms with Gasteiger partial charge in [0.2, 0.25) is 11.8 Å². The van der Waals surface area contributed by atoms with Gasteiger partial charge in [-0.05, 0) is 48.6 Å². The molecule has 0 spiro atoms. The smallest absolute Gasteiger partial charge is 0.237 e. The van der Waals surface area contributed by atoms with E-state index in [9.17, 15) is 9.18 Å². The third kappa shape index (κ3) is 6.91. The minimum Gasteiger partial charge on any atom is -0.439 e. The van der Waals surface area contributed by atoms with Gasteiger partial charge in [0.15, 0.2) is 0 Å². The first-order valence-electron chi connectivity index (χ1n) is 8.61. The lowest BCUT2D eigenvalue weighted by Gasteiger charge is -2.26. The lowest BCUT2D eigenvalue weighted by atomic mass is 9.92. The van der Waals surface area contributed by atoms with Gasteiger partial charge in [-0.25, -0.2) is 9.37 Å². The number of hydrogen-bond donors (Lipinski definition) is 2. The highest BCUT2D eigenvalue weighted by Gasteiger charge is 2.26. The summed E-state index contributed by atoms with van der Waals surface area (Å²) in [6.07, 6.45) is 3.25. The predicted octanol–water partition coefficient (Wildman–Crippen LogP) is 3.23. The summed E-state index contributed by atoms with van der Waals surface area (Å²) in [6, 6.07) is 8.69. The van der Waals surface area contributed by atoms with Crippen molar-refractivity contribution in [3.05, 3.63) is 54.0 Å². The van der Waals surface area contributed by atoms with E-state index in [1.807, 2.05) is 6.07 Å². The summed E-state index contributed by atoms with van der Waals surface area (Å²) in [5.74, 6) is 0.570. The Kier molecular flexibility index (Phi) is 10.2. The SMILES string of the molecule is Cl.Cl.NC(C(=O)NCc1ccc(Oc2ccc(F)cc2)nc1)C1CCOCC1. The maximum Gasteiger partial charge on any atom is 0.237 e. The van der Waals surface area contributed by atoms with Gasteiger partial charge in [-0.15, -0.1) is 24.8 Å². The number of pyridine rings is 1. The van der Waals surface area contributed by atoms with E-state index in [4.69, 9.17) is 15.2 Å². The van der Waals surface area contributed by atoms with E-state index in [1.165, 1.54) is 24.3 Å². The highest BCUT2D eigenvalue weighted by molar-refractivity contribution is 5.85. The van der Waals surface area contributed by atoms with Gasteiger partial charge in [0.25, 0.3) is 0 Å². The van der Waals surface area contributed by atoms with E-state index in [1.54, 1.807) is 12.3 Å². The quantitative estimate of drug-likeness (QED) is 0.732. The number of benzene rings is 1. The highest BCUT2D eigenvalue weighted by Crippen LogP contribution is 2.20. The molecule has 1 aromatic carbocycles. The molecule has 0 saturated carbocycles. The molecule has 2 heterocycles. The molecule has 1 fully saturated rings. The fourth-order valence-electron chi connectivity index (χ4n) is 2.80. The summed E-state index contributed by atoms with van der Waals surface area (Å²) in [5, 5.41) is 2.84. The molecular weight excluding hydrogens is 408 g/mol. The fraction of sp³-hybridized carbons (Fsp3) is 0.368. The number of amides is 1. The average molecular weight is 432 g/mol. The van der Waals surface area contributed by atoms with Gasteiger partial charge >= 0.3 is 0 Å². The van der Waals surface area contributed by atoms with Crippen molar-refractivity contribution in [2.75, 3.05) is 13.2 Å². The number of nitrogens with one attached hydrogen (secondary N) is 1. The van der Waals surface area contributed by atoms with E-state index in [0.29, 0.717) is 31.4 Å². The lowest BCUT2D eigenvalue weighted by Crippen LogP contribution is -2.46. The van der Waals surface area contributed by atoms with Crippen LogP contribution in [0.4, 0.5) is 4.39 Å². The van der Waals surface area contributed by atoms with E-state index in [2.05, 4.69) is 10.3 Å². The van der Waals surface area contributed by atoms with Crippen LogP contribution in [0.1, 0.15) is 18.4 Å². The maximum absolute atomic E-state index is 12.9. The Labute approximate surface area is 175 Å². The molecule has 1 aromatic heterocycles. The van der Waals surface area contributed by atoms with E-state index in [-0.39, 0.29) is 42.5 Å². The van der Waals surface area contributed by atoms with E-state index >= 15 is 0 Å². The number of nitrogens with zero attached hydrogens (tertiary/aromatic N) is 1. The third-order valence-corrected chi connectivity index (χ3v) is 4.38. The van der Waals surface area contributed by atoms with Crippen molar-refractivity contribution in [2.24, 2.45) is 11.7 Å². The first-order chi connectivity index (χ1) is 12.6. The largest absolute Gasteiger partial charge is 0.439 e. The lowest BCUT2D eigenvalue weighted by molar-refractivity contribution is -0.124. The third-order valence-electron chi connectivity index (χ3n) is 4.38. The predicted molar refractivity (Wildman–Crippen MR) is 109 cm³/mol. The van der Waals surface area contributed by atoms with Crippen LogP contribution >= 0.6 is 24.8 Å². The van der Waals surface area contributed by atoms with Crippen molar-refractivity contribution >= 4 is 30.7 Å². The molecule has 2 aromatic rings. The van der Waals surface area contributed by atoms with Crippen LogP contribution < -0.4 is 15.8 Å². The second-order valence-corrected chi connectivity index (χ2v) is 6.25. The standard InChI is InChI=1S/C19H22FN3O3.2ClH/c20-15-2-4-16(5-3-15)26-17-6-1-13(11-22-17)12-23-19(24)18(21)14-7-9-25-10-8-14;;/h1-6,11,14,18H,7-10,12,21H2,(H,23,24);2*1H. The second-order valence-electron chi connectivity index (χ2n) is 6.25. The summed E-state index contributed by atoms with van der Waals surface area (Å²) in [4.78, 5) is 16.4. The number of carbonyl (C=O) groups excluding carboxylic acids is 1. The van der Waals surface area contributed by atoms with Crippen molar-refractivity contribution in [2.45, 2.75) is 25.4 Å². The summed E-state index contributed by atoms with van der Waals surface area (Å²) in [5.41, 5.74) is 6.88. The Morgan fingerprint density at radius 2 is 1.89 bits per heavy atom. The van der Waals surface area contributed by atoms with Crippen LogP contribution in [0, 0.1) is 11.7 Å². The van der Waals surface area contributed by atoms with Crippen molar-refractivity contribution in [3.8, 4) is 11.6 Å². The molecule has 154 valence electrons. The molecule has 3 rings (SSSR count). The van der Waals surface area contributed by atoms with Crippen molar-refractivity contribution in [1.82, 2.24) is 10.3 Å². The Morgan fingerprint density at radius 1 is 1.21 bits per heavy atom. The molecule has 0 radical (unpaired) electrons. The van der Waals surface area contributed by atoms with Gasteiger partial charge in [0.05, 0.1) is 6.04 Å². The normalized spacial score (nSPS) is 14.9. The highest BCUT2D eigenvalue weighted by atomic mass is 35.5. The molecule has 1 unspecified atom stereocenters. The number of halogens is 3. The molecule has 6 nitrogen and oxygen atoms in total. The van der Waals surface area contributed by atoms with Crippen LogP contribution in [0.5, 0.6) is 11.6 Å². The van der Waals surface area contributed by atoms with E-state index in [0.717, 1.165) is 18.4 Å². The first-order valence-corrected chi connectivity index (χ1v) is 8.61. The number of rotatable bonds is 6. The fourth-order valence-corrected chi connectivity index (χ4v) is 2.80. The molecule has 1 aliphatic rings. The van der Waals surface area contributed by atoms with Crippen LogP contribution in [-0.4, -0.2) is 30.1 Å². The monoisotopic (exact) mass is 431 g/mol. The first kappa shape index (κ1) is 24.1. The Bertz CT molecular complexity index is 726. The molecule has 0 aliphatic carbocycles. The molecule has 1 aliphatic heterocycles. The van der Waals surface area contributed by atoms with Crippen LogP contribution in [0.15, 0.2) is 42.6 Å². The summed E-state index contributed by atoms with van der Waals surface area (Å²) < 4.78 is 23.7. The summed E-state index contributed by atoms with van der Waals surface area (Å²) in [6.45, 7) is 1.66. The second kappa shape index (κ2) is 11.8. The van der Waals surface area contributed by atoms with Gasteiger partial charge in [-0.3, -0.25) is 4.79 Å². The Balaban J connectivity index is 0.00000196. The van der Waals surface area contributed by atoms with Gasteiger partial charge in [-0.1, -0.05) is 6.07 Å². The number of aromatic nitrogens is 1. The zero-order valence-electron chi connectivity index (χ0n) is 15.2. The van der Waals surface area contributed by atoms with Crippen LogP contribution in [0.2, 0.25) is 0 Å². The van der Waals surface area contributed by atoms with Crippen molar-refractivity contribution in [3.63, 3.8) is 0 Å². The molecule has 0 bridgehead atoms. The molecule has 1 saturated heterocycles. The average Bonchev–Trinajstić information content (AvgIpc) is 2.69. The maximum atomic E-state index is 12.9. The molecule has 3 N–H and O–H groups in total. The molecular formula is C19H24Cl2FN3O3. The van der Waals surface area contributed by atoms with E-state index < -0.39 is 6.04 Å². The van der Waals surface area contributed by atoms with Crippen molar-refractivity contribution in [1.29, 1.82) is 0 Å². The Hall–Kier alpha value is -1.93. The molecule has 1 atom stereocenters. The summed E-state index contributed by atoms with van der Waals surface area (Å²) in [7, 11) is 0. The minimum atomic E-state index is -0.520. The van der Waals surface area contributed by atoms with Crippen molar-refractivity contribution < 1.29 is 18.7 Å². The van der Waals surface area contributed by atoms with Gasteiger partial charge in [0.1, 0.15) is 11.6 Å². The number of ether oxygens (including phenoxy) is 2. The van der Waals surface area contributed by atoms with Gasteiger partial charge in [-0.2, -0.15) is 0 Å². The number of carbonyl (C=O) groups is 1. The zero-order valence-corrected chi connectivity index (χ0v) is 16.8. The van der Waals surface area contributed by atoms with Gasteiger partial charge in [0, 0.05) is 32.0 Å². The molecule has 9 heteroatoms. The number of nitrogens with two attached hydrogens (primary N) is 1. The minimum absolute atomic E-state index is 0. The van der Waals surface area contributed by atoms with Crippen LogP contribution in [0.3, 0.4) is 0 Å². The van der Waals surface area contributed by atoms with Gasteiger partial charge < -0.3 is 20.5 Å². The number of hydrogen-bond acceptors (Lipinski definition) is 5. The van der Waals surface area contributed by atoms with Crippen LogP contribution in [0.25, 0.3) is 0 Å². The zero-order chi connectivity index (χ0) is 18.4. The Morgan fingerprint density at radius 3 is 2.50 bits per heavy atom. The summed E-state index contributed by atoms with van der Waals surface area (Å²) >= 11 is 0. The van der Waals surface area contributed by atoms with Crippen LogP contribution in [-0.2, 0) is 16.1 Å². The topological polar surface area (TPSA) is 86.5 Å². The molecule has 28 heavy (non-hydrogen) atoms. The molecule has 1 amide bonds.